The molecule has 1 aromatic heterocycles. The van der Waals surface area contributed by atoms with Crippen molar-refractivity contribution < 1.29 is 0 Å². The van der Waals surface area contributed by atoms with Gasteiger partial charge in [0, 0.05) is 11.1 Å². The number of nitrogens with zero attached hydrogens (tertiary/aromatic N) is 3. The minimum Gasteiger partial charge on any atom is -0.368 e. The molecule has 0 aliphatic rings. The highest BCUT2D eigenvalue weighted by Gasteiger charge is 2.06. The Bertz CT molecular complexity index is 825. The first-order valence-electron chi connectivity index (χ1n) is 6.54. The number of nitrogen functional groups attached to an aromatic ring is 1. The maximum absolute atomic E-state index is 6.12. The van der Waals surface area contributed by atoms with Gasteiger partial charge in [-0.3, -0.25) is 0 Å². The van der Waals surface area contributed by atoms with E-state index in [2.05, 4.69) is 10.1 Å². The second-order valence-electron chi connectivity index (χ2n) is 4.58. The molecule has 0 aliphatic carbocycles. The third-order valence-corrected chi connectivity index (χ3v) is 3.92. The van der Waals surface area contributed by atoms with Crippen LogP contribution in [0.2, 0.25) is 10.0 Å². The summed E-state index contributed by atoms with van der Waals surface area (Å²) in [5, 5.41) is 5.22. The number of benzene rings is 2. The predicted molar refractivity (Wildman–Crippen MR) is 91.5 cm³/mol. The van der Waals surface area contributed by atoms with E-state index in [1.165, 1.54) is 4.68 Å². The van der Waals surface area contributed by atoms with Crippen LogP contribution in [-0.4, -0.2) is 15.9 Å². The minimum atomic E-state index is 0.299. The molecule has 0 saturated carbocycles. The van der Waals surface area contributed by atoms with Gasteiger partial charge in [-0.1, -0.05) is 65.7 Å². The lowest BCUT2D eigenvalue weighted by molar-refractivity contribution is 0.898. The fourth-order valence-corrected chi connectivity index (χ4v) is 2.33. The van der Waals surface area contributed by atoms with E-state index in [4.69, 9.17) is 28.9 Å². The van der Waals surface area contributed by atoms with Gasteiger partial charge < -0.3 is 5.73 Å². The maximum atomic E-state index is 6.12. The zero-order chi connectivity index (χ0) is 15.5. The average Bonchev–Trinajstić information content (AvgIpc) is 2.91. The molecule has 3 rings (SSSR count). The van der Waals surface area contributed by atoms with E-state index >= 15 is 0 Å². The quantitative estimate of drug-likeness (QED) is 0.727. The van der Waals surface area contributed by atoms with Crippen molar-refractivity contribution in [3.63, 3.8) is 0 Å². The van der Waals surface area contributed by atoms with Gasteiger partial charge in [0.25, 0.3) is 0 Å². The van der Waals surface area contributed by atoms with Gasteiger partial charge in [-0.15, -0.1) is 0 Å². The summed E-state index contributed by atoms with van der Waals surface area (Å²) >= 11 is 12.1. The zero-order valence-electron chi connectivity index (χ0n) is 11.4. The lowest BCUT2D eigenvalue weighted by Gasteiger charge is -2.00. The van der Waals surface area contributed by atoms with Crippen molar-refractivity contribution in [2.45, 2.75) is 0 Å². The summed E-state index contributed by atoms with van der Waals surface area (Å²) in [4.78, 5) is 4.30. The molecule has 0 bridgehead atoms. The lowest BCUT2D eigenvalue weighted by atomic mass is 10.2. The maximum Gasteiger partial charge on any atom is 0.221 e. The normalized spacial score (nSPS) is 11.2. The van der Waals surface area contributed by atoms with Crippen molar-refractivity contribution in [2.24, 2.45) is 5.10 Å². The molecule has 6 heteroatoms. The molecular weight excluding hydrogens is 319 g/mol. The molecule has 1 heterocycles. The van der Waals surface area contributed by atoms with Gasteiger partial charge in [0.05, 0.1) is 28.2 Å². The number of halogens is 2. The monoisotopic (exact) mass is 330 g/mol. The molecule has 2 N–H and O–H groups in total. The van der Waals surface area contributed by atoms with Crippen molar-refractivity contribution in [3.05, 3.63) is 70.3 Å². The SMILES string of the molecule is Nc1nc(-c2ccccc2)cn1/N=C/c1cccc(Cl)c1Cl. The summed E-state index contributed by atoms with van der Waals surface area (Å²) in [6.45, 7) is 0. The van der Waals surface area contributed by atoms with Crippen LogP contribution in [0.4, 0.5) is 5.95 Å². The molecule has 110 valence electrons. The van der Waals surface area contributed by atoms with Crippen molar-refractivity contribution in [1.29, 1.82) is 0 Å². The van der Waals surface area contributed by atoms with E-state index in [-0.39, 0.29) is 0 Å². The van der Waals surface area contributed by atoms with Gasteiger partial charge in [0.15, 0.2) is 0 Å². The topological polar surface area (TPSA) is 56.2 Å². The molecule has 0 spiro atoms. The zero-order valence-corrected chi connectivity index (χ0v) is 13.0. The first-order chi connectivity index (χ1) is 10.6. The van der Waals surface area contributed by atoms with Gasteiger partial charge in [0.1, 0.15) is 0 Å². The molecule has 0 atom stereocenters. The Labute approximate surface area is 137 Å². The van der Waals surface area contributed by atoms with Crippen LogP contribution in [-0.2, 0) is 0 Å². The molecular formula is C16H12Cl2N4. The number of imidazole rings is 1. The smallest absolute Gasteiger partial charge is 0.221 e. The van der Waals surface area contributed by atoms with E-state index in [9.17, 15) is 0 Å². The van der Waals surface area contributed by atoms with E-state index in [0.29, 0.717) is 21.6 Å². The number of nitrogens with two attached hydrogens (primary N) is 1. The van der Waals surface area contributed by atoms with Crippen molar-refractivity contribution >= 4 is 35.4 Å². The summed E-state index contributed by atoms with van der Waals surface area (Å²) in [7, 11) is 0. The molecule has 0 fully saturated rings. The van der Waals surface area contributed by atoms with Gasteiger partial charge >= 0.3 is 0 Å². The molecule has 4 nitrogen and oxygen atoms in total. The summed E-state index contributed by atoms with van der Waals surface area (Å²) in [5.74, 6) is 0.299. The summed E-state index contributed by atoms with van der Waals surface area (Å²) < 4.78 is 1.50. The fourth-order valence-electron chi connectivity index (χ4n) is 1.97. The number of hydrogen-bond acceptors (Lipinski definition) is 3. The molecule has 0 saturated heterocycles. The Morgan fingerprint density at radius 1 is 1.05 bits per heavy atom. The molecule has 0 amide bonds. The first kappa shape index (κ1) is 14.6. The van der Waals surface area contributed by atoms with Crippen molar-refractivity contribution in [1.82, 2.24) is 9.66 Å². The predicted octanol–water partition coefficient (Wildman–Crippen LogP) is 4.32. The van der Waals surface area contributed by atoms with Crippen LogP contribution in [0.15, 0.2) is 59.8 Å². The Hall–Kier alpha value is -2.30. The Balaban J connectivity index is 1.92. The van der Waals surface area contributed by atoms with Crippen LogP contribution in [0.5, 0.6) is 0 Å². The van der Waals surface area contributed by atoms with Crippen LogP contribution in [0, 0.1) is 0 Å². The fraction of sp³-hybridized carbons (Fsp3) is 0. The van der Waals surface area contributed by atoms with Crippen LogP contribution in [0.1, 0.15) is 5.56 Å². The largest absolute Gasteiger partial charge is 0.368 e. The molecule has 0 unspecified atom stereocenters. The Morgan fingerprint density at radius 2 is 1.82 bits per heavy atom. The van der Waals surface area contributed by atoms with E-state index in [1.54, 1.807) is 18.5 Å². The van der Waals surface area contributed by atoms with Crippen molar-refractivity contribution in [3.8, 4) is 11.3 Å². The molecule has 3 aromatic rings. The van der Waals surface area contributed by atoms with Crippen molar-refractivity contribution in [2.75, 3.05) is 5.73 Å². The molecule has 22 heavy (non-hydrogen) atoms. The van der Waals surface area contributed by atoms with Gasteiger partial charge in [-0.25, -0.2) is 9.66 Å². The third-order valence-electron chi connectivity index (χ3n) is 3.09. The van der Waals surface area contributed by atoms with E-state index in [1.807, 2.05) is 42.5 Å². The van der Waals surface area contributed by atoms with E-state index in [0.717, 1.165) is 11.3 Å². The Kier molecular flexibility index (Phi) is 4.13. The number of rotatable bonds is 3. The summed E-state index contributed by atoms with van der Waals surface area (Å²) in [6, 6.07) is 15.1. The highest BCUT2D eigenvalue weighted by Crippen LogP contribution is 2.24. The summed E-state index contributed by atoms with van der Waals surface area (Å²) in [5.41, 5.74) is 8.33. The van der Waals surface area contributed by atoms with Gasteiger partial charge in [-0.05, 0) is 6.07 Å². The van der Waals surface area contributed by atoms with Gasteiger partial charge in [0.2, 0.25) is 5.95 Å². The number of hydrogen-bond donors (Lipinski definition) is 1. The first-order valence-corrected chi connectivity index (χ1v) is 7.29. The summed E-state index contributed by atoms with van der Waals surface area (Å²) in [6.07, 6.45) is 3.36. The van der Waals surface area contributed by atoms with Gasteiger partial charge in [-0.2, -0.15) is 5.10 Å². The third kappa shape index (κ3) is 2.98. The molecule has 2 aromatic carbocycles. The Morgan fingerprint density at radius 3 is 2.59 bits per heavy atom. The van der Waals surface area contributed by atoms with Crippen LogP contribution in [0.3, 0.4) is 0 Å². The minimum absolute atomic E-state index is 0.299. The molecule has 0 aliphatic heterocycles. The van der Waals surface area contributed by atoms with Crippen LogP contribution in [0.25, 0.3) is 11.3 Å². The standard InChI is InChI=1S/C16H12Cl2N4/c17-13-8-4-7-12(15(13)18)9-20-22-10-14(21-16(22)19)11-5-2-1-3-6-11/h1-10H,(H2,19,21)/b20-9+. The second-order valence-corrected chi connectivity index (χ2v) is 5.37. The molecule has 0 radical (unpaired) electrons. The lowest BCUT2D eigenvalue weighted by Crippen LogP contribution is -1.97. The van der Waals surface area contributed by atoms with E-state index < -0.39 is 0 Å². The second kappa shape index (κ2) is 6.22. The highest BCUT2D eigenvalue weighted by molar-refractivity contribution is 6.43. The highest BCUT2D eigenvalue weighted by atomic mass is 35.5. The average molecular weight is 331 g/mol. The number of anilines is 1. The number of aromatic nitrogens is 2. The van der Waals surface area contributed by atoms with Crippen LogP contribution < -0.4 is 5.73 Å². The van der Waals surface area contributed by atoms with Crippen LogP contribution >= 0.6 is 23.2 Å².